The summed E-state index contributed by atoms with van der Waals surface area (Å²) in [6.45, 7) is 6.38. The van der Waals surface area contributed by atoms with Crippen LogP contribution < -0.4 is 4.74 Å². The fourth-order valence-electron chi connectivity index (χ4n) is 2.74. The maximum absolute atomic E-state index is 12.6. The number of methoxy groups -OCH3 is 1. The average Bonchev–Trinajstić information content (AvgIpc) is 2.93. The summed E-state index contributed by atoms with van der Waals surface area (Å²) >= 11 is 0. The number of benzene rings is 1. The molecule has 7 heteroatoms. The molecule has 0 amide bonds. The van der Waals surface area contributed by atoms with Crippen molar-refractivity contribution >= 4 is 17.7 Å². The Kier molecular flexibility index (Phi) is 6.39. The van der Waals surface area contributed by atoms with Crippen molar-refractivity contribution in [2.45, 2.75) is 33.8 Å². The third-order valence-electron chi connectivity index (χ3n) is 4.10. The molecule has 0 fully saturated rings. The molecule has 0 spiro atoms. The Morgan fingerprint density at radius 1 is 1.15 bits per heavy atom. The lowest BCUT2D eigenvalue weighted by Gasteiger charge is -2.13. The van der Waals surface area contributed by atoms with Gasteiger partial charge in [-0.3, -0.25) is 4.79 Å². The number of ether oxygens (including phenoxy) is 3. The second kappa shape index (κ2) is 8.53. The highest BCUT2D eigenvalue weighted by Gasteiger charge is 2.27. The molecule has 144 valence electrons. The lowest BCUT2D eigenvalue weighted by Crippen LogP contribution is -2.28. The Morgan fingerprint density at radius 3 is 2.48 bits per heavy atom. The molecule has 0 radical (unpaired) electrons. The van der Waals surface area contributed by atoms with Crippen LogP contribution in [0.5, 0.6) is 5.75 Å². The van der Waals surface area contributed by atoms with Crippen LogP contribution in [-0.2, 0) is 14.3 Å². The molecule has 1 N–H and O–H groups in total. The summed E-state index contributed by atoms with van der Waals surface area (Å²) in [4.78, 5) is 39.3. The van der Waals surface area contributed by atoms with E-state index in [1.807, 2.05) is 19.1 Å². The number of ketones is 1. The van der Waals surface area contributed by atoms with Gasteiger partial charge in [-0.1, -0.05) is 12.1 Å². The molecule has 0 aliphatic heterocycles. The van der Waals surface area contributed by atoms with Crippen molar-refractivity contribution in [2.75, 3.05) is 13.7 Å². The van der Waals surface area contributed by atoms with Gasteiger partial charge in [0.1, 0.15) is 5.75 Å². The van der Waals surface area contributed by atoms with Crippen LogP contribution in [0.15, 0.2) is 24.3 Å². The van der Waals surface area contributed by atoms with Gasteiger partial charge >= 0.3 is 11.9 Å². The number of aromatic nitrogens is 1. The van der Waals surface area contributed by atoms with Crippen LogP contribution >= 0.6 is 0 Å². The number of H-pyrrole nitrogens is 1. The van der Waals surface area contributed by atoms with Crippen molar-refractivity contribution in [3.63, 3.8) is 0 Å². The Balaban J connectivity index is 2.01. The third kappa shape index (κ3) is 4.75. The highest BCUT2D eigenvalue weighted by atomic mass is 16.6. The van der Waals surface area contributed by atoms with Crippen LogP contribution in [0.25, 0.3) is 0 Å². The summed E-state index contributed by atoms with van der Waals surface area (Å²) in [6, 6.07) is 7.25. The maximum Gasteiger partial charge on any atom is 0.344 e. The number of hydrogen-bond donors (Lipinski definition) is 1. The van der Waals surface area contributed by atoms with Gasteiger partial charge < -0.3 is 19.2 Å². The van der Waals surface area contributed by atoms with E-state index >= 15 is 0 Å². The first-order chi connectivity index (χ1) is 12.7. The van der Waals surface area contributed by atoms with E-state index in [-0.39, 0.29) is 12.3 Å². The summed E-state index contributed by atoms with van der Waals surface area (Å²) in [6.07, 6.45) is -1.03. The first-order valence-corrected chi connectivity index (χ1v) is 8.45. The van der Waals surface area contributed by atoms with E-state index in [4.69, 9.17) is 14.2 Å². The molecular formula is C20H23NO6. The molecule has 0 bridgehead atoms. The van der Waals surface area contributed by atoms with Gasteiger partial charge in [0.15, 0.2) is 12.7 Å². The van der Waals surface area contributed by atoms with E-state index in [0.29, 0.717) is 22.6 Å². The van der Waals surface area contributed by atoms with Gasteiger partial charge in [-0.25, -0.2) is 9.59 Å². The molecule has 0 aliphatic rings. The van der Waals surface area contributed by atoms with Gasteiger partial charge in [-0.15, -0.1) is 0 Å². The number of carbonyl (C=O) groups excluding carboxylic acids is 3. The van der Waals surface area contributed by atoms with Crippen LogP contribution in [0, 0.1) is 20.8 Å². The third-order valence-corrected chi connectivity index (χ3v) is 4.10. The fourth-order valence-corrected chi connectivity index (χ4v) is 2.74. The second-order valence-electron chi connectivity index (χ2n) is 6.22. The summed E-state index contributed by atoms with van der Waals surface area (Å²) in [7, 11) is 1.27. The summed E-state index contributed by atoms with van der Waals surface area (Å²) in [5, 5.41) is 0. The highest BCUT2D eigenvalue weighted by Crippen LogP contribution is 2.21. The number of hydrogen-bond acceptors (Lipinski definition) is 6. The molecular weight excluding hydrogens is 350 g/mol. The predicted octanol–water partition coefficient (Wildman–Crippen LogP) is 2.92. The normalized spacial score (nSPS) is 11.6. The van der Waals surface area contributed by atoms with E-state index < -0.39 is 23.8 Å². The maximum atomic E-state index is 12.6. The van der Waals surface area contributed by atoms with Gasteiger partial charge in [-0.2, -0.15) is 0 Å². The molecule has 0 saturated heterocycles. The van der Waals surface area contributed by atoms with Crippen LogP contribution in [0.3, 0.4) is 0 Å². The van der Waals surface area contributed by atoms with Crippen molar-refractivity contribution in [3.8, 4) is 5.75 Å². The van der Waals surface area contributed by atoms with Crippen LogP contribution in [-0.4, -0.2) is 42.5 Å². The van der Waals surface area contributed by atoms with Crippen LogP contribution in [0.1, 0.15) is 44.6 Å². The first kappa shape index (κ1) is 20.2. The van der Waals surface area contributed by atoms with Gasteiger partial charge in [0.05, 0.1) is 18.4 Å². The lowest BCUT2D eigenvalue weighted by atomic mass is 10.1. The monoisotopic (exact) mass is 373 g/mol. The molecule has 7 nitrogen and oxygen atoms in total. The Labute approximate surface area is 157 Å². The van der Waals surface area contributed by atoms with E-state index in [9.17, 15) is 14.4 Å². The minimum Gasteiger partial charge on any atom is -0.482 e. The van der Waals surface area contributed by atoms with Gasteiger partial charge in [0.2, 0.25) is 5.78 Å². The molecule has 1 aromatic carbocycles. The van der Waals surface area contributed by atoms with Crippen LogP contribution in [0.2, 0.25) is 0 Å². The topological polar surface area (TPSA) is 94.7 Å². The number of nitrogens with one attached hydrogen (secondary N) is 1. The van der Waals surface area contributed by atoms with Crippen molar-refractivity contribution in [1.82, 2.24) is 4.98 Å². The zero-order valence-electron chi connectivity index (χ0n) is 16.0. The molecule has 2 rings (SSSR count). The van der Waals surface area contributed by atoms with Gasteiger partial charge in [0.25, 0.3) is 0 Å². The second-order valence-corrected chi connectivity index (χ2v) is 6.22. The fraction of sp³-hybridized carbons (Fsp3) is 0.350. The molecule has 27 heavy (non-hydrogen) atoms. The number of aromatic amines is 1. The number of carbonyl (C=O) groups is 3. The summed E-state index contributed by atoms with van der Waals surface area (Å²) < 4.78 is 15.3. The molecule has 1 aromatic heterocycles. The Morgan fingerprint density at radius 2 is 1.85 bits per heavy atom. The minimum atomic E-state index is -1.03. The smallest absolute Gasteiger partial charge is 0.344 e. The molecule has 0 aliphatic carbocycles. The van der Waals surface area contributed by atoms with E-state index in [1.54, 1.807) is 26.0 Å². The van der Waals surface area contributed by atoms with E-state index in [0.717, 1.165) is 5.56 Å². The lowest BCUT2D eigenvalue weighted by molar-refractivity contribution is -0.148. The largest absolute Gasteiger partial charge is 0.482 e. The minimum absolute atomic E-state index is 0.216. The SMILES string of the molecule is COC(=O)c1c(C)[nH]c(C(=O)[C@@H](C)OC(=O)COc2cccc(C)c2)c1C. The summed E-state index contributed by atoms with van der Waals surface area (Å²) in [5.74, 6) is -1.08. The number of esters is 2. The Bertz CT molecular complexity index is 867. The molecule has 1 heterocycles. The van der Waals surface area contributed by atoms with Crippen molar-refractivity contribution in [1.29, 1.82) is 0 Å². The molecule has 1 atom stereocenters. The molecule has 2 aromatic rings. The highest BCUT2D eigenvalue weighted by molar-refractivity contribution is 6.03. The number of rotatable bonds is 7. The standard InChI is InChI=1S/C20H23NO6/c1-11-7-6-8-15(9-11)26-10-16(22)27-14(4)19(23)18-12(2)17(13(3)21-18)20(24)25-5/h6-9,14,21H,10H2,1-5H3/t14-/m1/s1. The average molecular weight is 373 g/mol. The zero-order chi connectivity index (χ0) is 20.1. The predicted molar refractivity (Wildman–Crippen MR) is 98.2 cm³/mol. The number of Topliss-reactive ketones (excluding diaryl/α,β-unsaturated/α-hetero) is 1. The molecule has 0 saturated carbocycles. The number of aryl methyl sites for hydroxylation is 2. The van der Waals surface area contributed by atoms with Gasteiger partial charge in [0, 0.05) is 5.69 Å². The van der Waals surface area contributed by atoms with E-state index in [1.165, 1.54) is 14.0 Å². The van der Waals surface area contributed by atoms with Crippen molar-refractivity contribution < 1.29 is 28.6 Å². The van der Waals surface area contributed by atoms with Crippen LogP contribution in [0.4, 0.5) is 0 Å². The quantitative estimate of drug-likeness (QED) is 0.592. The van der Waals surface area contributed by atoms with Gasteiger partial charge in [-0.05, 0) is 51.0 Å². The zero-order valence-corrected chi connectivity index (χ0v) is 16.0. The van der Waals surface area contributed by atoms with Crippen molar-refractivity contribution in [2.24, 2.45) is 0 Å². The Hall–Kier alpha value is -3.09. The first-order valence-electron chi connectivity index (χ1n) is 8.45. The molecule has 0 unspecified atom stereocenters. The van der Waals surface area contributed by atoms with E-state index in [2.05, 4.69) is 4.98 Å². The van der Waals surface area contributed by atoms with Crippen molar-refractivity contribution in [3.05, 3.63) is 52.3 Å². The summed E-state index contributed by atoms with van der Waals surface area (Å²) in [5.41, 5.74) is 2.51.